The summed E-state index contributed by atoms with van der Waals surface area (Å²) in [6.07, 6.45) is 5.98. The minimum atomic E-state index is 0.362. The van der Waals surface area contributed by atoms with Gasteiger partial charge in [-0.25, -0.2) is 15.0 Å². The first-order chi connectivity index (χ1) is 13.2. The standard InChI is InChI=1S/C21H18Cl2N4/c22-13-10-11-15(16(23)12-13)20-26-19-21(27(20)14-6-2-1-3-7-14)25-18-9-5-4-8-17(18)24-19/h4-5,8-12,14H,1-3,6-7H2. The Labute approximate surface area is 167 Å². The van der Waals surface area contributed by atoms with E-state index in [1.54, 1.807) is 6.07 Å². The van der Waals surface area contributed by atoms with Crippen molar-refractivity contribution in [1.82, 2.24) is 19.5 Å². The van der Waals surface area contributed by atoms with Crippen LogP contribution in [0, 0.1) is 0 Å². The Kier molecular flexibility index (Phi) is 4.25. The summed E-state index contributed by atoms with van der Waals surface area (Å²) in [5, 5.41) is 1.21. The Balaban J connectivity index is 1.81. The van der Waals surface area contributed by atoms with Crippen molar-refractivity contribution in [2.75, 3.05) is 0 Å². The monoisotopic (exact) mass is 396 g/mol. The number of hydrogen-bond acceptors (Lipinski definition) is 3. The van der Waals surface area contributed by atoms with Crippen molar-refractivity contribution in [3.8, 4) is 11.4 Å². The van der Waals surface area contributed by atoms with Gasteiger partial charge in [0.15, 0.2) is 11.3 Å². The molecule has 27 heavy (non-hydrogen) atoms. The van der Waals surface area contributed by atoms with E-state index in [0.29, 0.717) is 21.7 Å². The van der Waals surface area contributed by atoms with Crippen LogP contribution in [0.2, 0.25) is 10.0 Å². The number of rotatable bonds is 2. The van der Waals surface area contributed by atoms with Crippen LogP contribution in [0.25, 0.3) is 33.7 Å². The number of hydrogen-bond donors (Lipinski definition) is 0. The molecule has 4 aromatic rings. The highest BCUT2D eigenvalue weighted by molar-refractivity contribution is 6.36. The molecule has 1 aliphatic carbocycles. The molecule has 0 N–H and O–H groups in total. The van der Waals surface area contributed by atoms with Gasteiger partial charge in [0.25, 0.3) is 0 Å². The minimum Gasteiger partial charge on any atom is -0.304 e. The van der Waals surface area contributed by atoms with E-state index in [2.05, 4.69) is 4.57 Å². The van der Waals surface area contributed by atoms with Crippen molar-refractivity contribution in [2.24, 2.45) is 0 Å². The highest BCUT2D eigenvalue weighted by atomic mass is 35.5. The number of halogens is 2. The molecule has 0 unspecified atom stereocenters. The Bertz CT molecular complexity index is 1150. The molecule has 0 spiro atoms. The molecule has 0 atom stereocenters. The second kappa shape index (κ2) is 6.77. The lowest BCUT2D eigenvalue weighted by molar-refractivity contribution is 0.361. The van der Waals surface area contributed by atoms with Gasteiger partial charge in [-0.1, -0.05) is 54.6 Å². The van der Waals surface area contributed by atoms with Crippen LogP contribution in [0.1, 0.15) is 38.1 Å². The van der Waals surface area contributed by atoms with Crippen molar-refractivity contribution in [3.05, 3.63) is 52.5 Å². The summed E-state index contributed by atoms with van der Waals surface area (Å²) in [4.78, 5) is 14.5. The van der Waals surface area contributed by atoms with E-state index in [0.717, 1.165) is 40.9 Å². The van der Waals surface area contributed by atoms with Gasteiger partial charge < -0.3 is 4.57 Å². The molecule has 1 saturated carbocycles. The van der Waals surface area contributed by atoms with Crippen LogP contribution in [0.15, 0.2) is 42.5 Å². The van der Waals surface area contributed by atoms with Gasteiger partial charge in [-0.05, 0) is 43.2 Å². The normalized spacial score (nSPS) is 15.6. The number of imidazole rings is 1. The van der Waals surface area contributed by atoms with E-state index in [1.807, 2.05) is 36.4 Å². The molecule has 0 aliphatic heterocycles. The summed E-state index contributed by atoms with van der Waals surface area (Å²) in [5.74, 6) is 0.828. The molecule has 0 saturated heterocycles. The predicted octanol–water partition coefficient (Wildman–Crippen LogP) is 6.46. The average molecular weight is 397 g/mol. The topological polar surface area (TPSA) is 43.6 Å². The third-order valence-corrected chi connectivity index (χ3v) is 5.86. The van der Waals surface area contributed by atoms with Crippen LogP contribution < -0.4 is 0 Å². The van der Waals surface area contributed by atoms with Crippen LogP contribution >= 0.6 is 23.2 Å². The summed E-state index contributed by atoms with van der Waals surface area (Å²) in [5.41, 5.74) is 4.11. The molecule has 0 amide bonds. The second-order valence-electron chi connectivity index (χ2n) is 7.08. The lowest BCUT2D eigenvalue weighted by atomic mass is 9.95. The Morgan fingerprint density at radius 3 is 2.33 bits per heavy atom. The highest BCUT2D eigenvalue weighted by Crippen LogP contribution is 2.38. The summed E-state index contributed by atoms with van der Waals surface area (Å²) >= 11 is 12.6. The highest BCUT2D eigenvalue weighted by Gasteiger charge is 2.25. The number of para-hydroxylation sites is 2. The van der Waals surface area contributed by atoms with E-state index in [-0.39, 0.29) is 0 Å². The Morgan fingerprint density at radius 1 is 0.852 bits per heavy atom. The van der Waals surface area contributed by atoms with Crippen molar-refractivity contribution < 1.29 is 0 Å². The lowest BCUT2D eigenvalue weighted by Gasteiger charge is -2.25. The van der Waals surface area contributed by atoms with Gasteiger partial charge in [0.2, 0.25) is 0 Å². The van der Waals surface area contributed by atoms with Crippen molar-refractivity contribution in [3.63, 3.8) is 0 Å². The fraction of sp³-hybridized carbons (Fsp3) is 0.286. The zero-order valence-electron chi connectivity index (χ0n) is 14.7. The maximum Gasteiger partial charge on any atom is 0.198 e. The van der Waals surface area contributed by atoms with Gasteiger partial charge in [-0.3, -0.25) is 0 Å². The molecule has 5 rings (SSSR count). The third-order valence-electron chi connectivity index (χ3n) is 5.31. The summed E-state index contributed by atoms with van der Waals surface area (Å²) in [6.45, 7) is 0. The second-order valence-corrected chi connectivity index (χ2v) is 7.92. The van der Waals surface area contributed by atoms with Gasteiger partial charge in [0.1, 0.15) is 5.82 Å². The Hall–Kier alpha value is -2.17. The number of fused-ring (bicyclic) bond motifs is 2. The molecule has 2 aromatic heterocycles. The van der Waals surface area contributed by atoms with E-state index in [1.165, 1.54) is 19.3 Å². The first-order valence-electron chi connectivity index (χ1n) is 9.31. The summed E-state index contributed by atoms with van der Waals surface area (Å²) < 4.78 is 2.25. The van der Waals surface area contributed by atoms with Crippen LogP contribution in [0.4, 0.5) is 0 Å². The van der Waals surface area contributed by atoms with Crippen LogP contribution in [-0.2, 0) is 0 Å². The molecule has 2 aromatic carbocycles. The quantitative estimate of drug-likeness (QED) is 0.390. The number of benzene rings is 2. The zero-order valence-corrected chi connectivity index (χ0v) is 16.2. The van der Waals surface area contributed by atoms with Gasteiger partial charge in [-0.15, -0.1) is 0 Å². The largest absolute Gasteiger partial charge is 0.304 e. The summed E-state index contributed by atoms with van der Waals surface area (Å²) in [6, 6.07) is 13.8. The first-order valence-corrected chi connectivity index (χ1v) is 10.1. The number of aromatic nitrogens is 4. The van der Waals surface area contributed by atoms with E-state index in [4.69, 9.17) is 38.2 Å². The minimum absolute atomic E-state index is 0.362. The third kappa shape index (κ3) is 2.97. The van der Waals surface area contributed by atoms with Crippen LogP contribution in [0.5, 0.6) is 0 Å². The SMILES string of the molecule is Clc1ccc(-c2nc3nc4ccccc4nc3n2C2CCCCC2)c(Cl)c1. The molecule has 0 bridgehead atoms. The van der Waals surface area contributed by atoms with E-state index in [9.17, 15) is 0 Å². The van der Waals surface area contributed by atoms with Crippen molar-refractivity contribution in [2.45, 2.75) is 38.1 Å². The van der Waals surface area contributed by atoms with E-state index < -0.39 is 0 Å². The maximum atomic E-state index is 6.53. The van der Waals surface area contributed by atoms with Crippen molar-refractivity contribution in [1.29, 1.82) is 0 Å². The van der Waals surface area contributed by atoms with E-state index >= 15 is 0 Å². The molecule has 136 valence electrons. The molecule has 2 heterocycles. The first kappa shape index (κ1) is 17.0. The predicted molar refractivity (Wildman–Crippen MR) is 110 cm³/mol. The summed E-state index contributed by atoms with van der Waals surface area (Å²) in [7, 11) is 0. The fourth-order valence-electron chi connectivity index (χ4n) is 4.02. The smallest absolute Gasteiger partial charge is 0.198 e. The average Bonchev–Trinajstić information content (AvgIpc) is 3.04. The molecule has 1 fully saturated rings. The molecular weight excluding hydrogens is 379 g/mol. The molecule has 4 nitrogen and oxygen atoms in total. The van der Waals surface area contributed by atoms with Crippen LogP contribution in [-0.4, -0.2) is 19.5 Å². The zero-order chi connectivity index (χ0) is 18.4. The number of nitrogens with zero attached hydrogens (tertiary/aromatic N) is 4. The molecule has 0 radical (unpaired) electrons. The fourth-order valence-corrected chi connectivity index (χ4v) is 4.51. The molecular formula is C21H18Cl2N4. The Morgan fingerprint density at radius 2 is 1.59 bits per heavy atom. The lowest BCUT2D eigenvalue weighted by Crippen LogP contribution is -2.14. The van der Waals surface area contributed by atoms with Gasteiger partial charge in [0, 0.05) is 16.6 Å². The van der Waals surface area contributed by atoms with Gasteiger partial charge in [-0.2, -0.15) is 0 Å². The van der Waals surface area contributed by atoms with Crippen molar-refractivity contribution >= 4 is 45.5 Å². The molecule has 6 heteroatoms. The maximum absolute atomic E-state index is 6.53. The van der Waals surface area contributed by atoms with Crippen LogP contribution in [0.3, 0.4) is 0 Å². The molecule has 1 aliphatic rings. The van der Waals surface area contributed by atoms with Gasteiger partial charge >= 0.3 is 0 Å². The van der Waals surface area contributed by atoms with Gasteiger partial charge in [0.05, 0.1) is 16.1 Å².